The minimum Gasteiger partial charge on any atom is -0.147 e. The third-order valence-electron chi connectivity index (χ3n) is 1.21. The smallest absolute Gasteiger partial charge is 0.147 e. The molecule has 0 aliphatic heterocycles. The first-order valence-corrected chi connectivity index (χ1v) is 6.24. The molecule has 0 nitrogen and oxygen atoms in total. The van der Waals surface area contributed by atoms with Crippen molar-refractivity contribution in [2.45, 2.75) is 58.2 Å². The molecule has 0 N–H and O–H groups in total. The van der Waals surface area contributed by atoms with E-state index in [4.69, 9.17) is 0 Å². The summed E-state index contributed by atoms with van der Waals surface area (Å²) in [5.41, 5.74) is 0. The van der Waals surface area contributed by atoms with E-state index in [1.165, 1.54) is 53.7 Å². The van der Waals surface area contributed by atoms with Crippen LogP contribution in [-0.4, -0.2) is 16.3 Å². The van der Waals surface area contributed by atoms with E-state index in [0.717, 1.165) is 0 Å². The van der Waals surface area contributed by atoms with Crippen molar-refractivity contribution in [3.05, 3.63) is 0 Å². The fraction of sp³-hybridized carbons (Fsp3) is 1.00. The van der Waals surface area contributed by atoms with E-state index < -0.39 is 0 Å². The molecule has 0 unspecified atom stereocenters. The maximum Gasteiger partial charge on any atom is 0.211 e. The van der Waals surface area contributed by atoms with Crippen molar-refractivity contribution in [1.82, 2.24) is 0 Å². The molecule has 0 fully saturated rings. The van der Waals surface area contributed by atoms with Crippen molar-refractivity contribution < 1.29 is 0 Å². The Kier molecular flexibility index (Phi) is 36.3. The first-order valence-electron chi connectivity index (χ1n) is 4.83. The van der Waals surface area contributed by atoms with Crippen LogP contribution in [-0.2, 0) is 0 Å². The third-order valence-corrected chi connectivity index (χ3v) is 1.21. The van der Waals surface area contributed by atoms with Gasteiger partial charge in [-0.2, -0.15) is 0 Å². The van der Waals surface area contributed by atoms with Crippen LogP contribution >= 0.6 is 12.4 Å². The SMILES string of the molecule is CCCCCCC.C[CH2][AlH2].Cl. The summed E-state index contributed by atoms with van der Waals surface area (Å²) in [7, 11) is 0. The second-order valence-electron chi connectivity index (χ2n) is 2.77. The molecule has 11 heavy (non-hydrogen) atoms. The maximum absolute atomic E-state index is 2.25. The molecule has 70 valence electrons. The van der Waals surface area contributed by atoms with Crippen LogP contribution in [0.4, 0.5) is 0 Å². The lowest BCUT2D eigenvalue weighted by Gasteiger charge is -1.90. The largest absolute Gasteiger partial charge is 0.211 e. The van der Waals surface area contributed by atoms with Gasteiger partial charge in [-0.15, -0.1) is 17.7 Å². The summed E-state index contributed by atoms with van der Waals surface area (Å²) < 4.78 is 0. The van der Waals surface area contributed by atoms with Gasteiger partial charge in [0.1, 0.15) is 0 Å². The highest BCUT2D eigenvalue weighted by atomic mass is 35.5. The second kappa shape index (κ2) is 22.4. The highest BCUT2D eigenvalue weighted by Crippen LogP contribution is 2.00. The van der Waals surface area contributed by atoms with E-state index >= 15 is 0 Å². The van der Waals surface area contributed by atoms with Crippen LogP contribution in [0.15, 0.2) is 0 Å². The molecule has 0 aromatic rings. The van der Waals surface area contributed by atoms with E-state index in [1.807, 2.05) is 0 Å². The summed E-state index contributed by atoms with van der Waals surface area (Å²) in [6.45, 7) is 6.68. The predicted octanol–water partition coefficient (Wildman–Crippen LogP) is 3.46. The molecule has 0 spiro atoms. The molecule has 0 atom stereocenters. The van der Waals surface area contributed by atoms with Crippen molar-refractivity contribution in [2.24, 2.45) is 0 Å². The van der Waals surface area contributed by atoms with Crippen LogP contribution in [0.1, 0.15) is 52.9 Å². The van der Waals surface area contributed by atoms with E-state index in [-0.39, 0.29) is 12.4 Å². The molecule has 0 saturated heterocycles. The van der Waals surface area contributed by atoms with E-state index in [1.54, 1.807) is 0 Å². The van der Waals surface area contributed by atoms with Gasteiger partial charge in [0, 0.05) is 0 Å². The van der Waals surface area contributed by atoms with Crippen molar-refractivity contribution in [3.8, 4) is 0 Å². The molecule has 0 radical (unpaired) electrons. The maximum atomic E-state index is 2.25. The van der Waals surface area contributed by atoms with Crippen molar-refractivity contribution >= 4 is 28.7 Å². The van der Waals surface area contributed by atoms with Gasteiger partial charge in [0.2, 0.25) is 16.3 Å². The molecule has 0 aliphatic carbocycles. The first-order chi connectivity index (χ1) is 4.83. The lowest BCUT2D eigenvalue weighted by Crippen LogP contribution is -1.70. The van der Waals surface area contributed by atoms with Gasteiger partial charge >= 0.3 is 0 Å². The van der Waals surface area contributed by atoms with Gasteiger partial charge in [-0.1, -0.05) is 52.9 Å². The number of hydrogen-bond donors (Lipinski definition) is 0. The van der Waals surface area contributed by atoms with Gasteiger partial charge in [0.25, 0.3) is 0 Å². The first kappa shape index (κ1) is 17.8. The van der Waals surface area contributed by atoms with Gasteiger partial charge in [-0.25, -0.2) is 0 Å². The zero-order valence-corrected chi connectivity index (χ0v) is 11.5. The summed E-state index contributed by atoms with van der Waals surface area (Å²) in [6.07, 6.45) is 7.01. The van der Waals surface area contributed by atoms with Crippen molar-refractivity contribution in [2.75, 3.05) is 0 Å². The molecule has 0 amide bonds. The summed E-state index contributed by atoms with van der Waals surface area (Å²) in [5.74, 6) is 0. The Bertz CT molecular complexity index is 36.5. The van der Waals surface area contributed by atoms with Crippen LogP contribution < -0.4 is 0 Å². The predicted molar refractivity (Wildman–Crippen MR) is 60.7 cm³/mol. The zero-order valence-electron chi connectivity index (χ0n) is 8.65. The van der Waals surface area contributed by atoms with Crippen LogP contribution in [0.2, 0.25) is 5.28 Å². The quantitative estimate of drug-likeness (QED) is 0.475. The summed E-state index contributed by atoms with van der Waals surface area (Å²) >= 11 is 1.37. The lowest BCUT2D eigenvalue weighted by molar-refractivity contribution is 0.656. The minimum absolute atomic E-state index is 0. The number of unbranched alkanes of at least 4 members (excludes halogenated alkanes) is 4. The highest BCUT2D eigenvalue weighted by molar-refractivity contribution is 6.08. The normalized spacial score (nSPS) is 7.55. The van der Waals surface area contributed by atoms with E-state index in [0.29, 0.717) is 0 Å². The van der Waals surface area contributed by atoms with Gasteiger partial charge in [-0.3, -0.25) is 0 Å². The van der Waals surface area contributed by atoms with Gasteiger partial charge in [0.15, 0.2) is 0 Å². The number of rotatable bonds is 4. The molecular weight excluding hydrogens is 171 g/mol. The fourth-order valence-electron chi connectivity index (χ4n) is 0.677. The van der Waals surface area contributed by atoms with Crippen molar-refractivity contribution in [1.29, 1.82) is 0 Å². The molecule has 0 bridgehead atoms. The third kappa shape index (κ3) is 36.2. The summed E-state index contributed by atoms with van der Waals surface area (Å²) in [6, 6.07) is 0. The molecular formula is C9H24AlCl. The van der Waals surface area contributed by atoms with Crippen LogP contribution in [0.25, 0.3) is 0 Å². The molecule has 0 saturated carbocycles. The van der Waals surface area contributed by atoms with Gasteiger partial charge in [-0.05, 0) is 0 Å². The Hall–Kier alpha value is 0.822. The second-order valence-corrected chi connectivity index (χ2v) is 4.18. The molecule has 0 heterocycles. The standard InChI is InChI=1S/C7H16.C2H5.Al.ClH.2H/c1-3-5-7-6-4-2;1-2;;;;/h3-7H2,1-2H3;1H2,2H3;;1H;;. The van der Waals surface area contributed by atoms with Crippen molar-refractivity contribution in [3.63, 3.8) is 0 Å². The van der Waals surface area contributed by atoms with Gasteiger partial charge in [0.05, 0.1) is 0 Å². The molecule has 0 aliphatic rings. The summed E-state index contributed by atoms with van der Waals surface area (Å²) in [4.78, 5) is 0. The van der Waals surface area contributed by atoms with Gasteiger partial charge < -0.3 is 0 Å². The minimum atomic E-state index is 0. The number of hydrogen-bond acceptors (Lipinski definition) is 0. The Morgan fingerprint density at radius 2 is 1.09 bits per heavy atom. The molecule has 2 heteroatoms. The number of halogens is 1. The lowest BCUT2D eigenvalue weighted by atomic mass is 10.2. The van der Waals surface area contributed by atoms with E-state index in [2.05, 4.69) is 20.8 Å². The average molecular weight is 195 g/mol. The molecule has 0 rings (SSSR count). The topological polar surface area (TPSA) is 0 Å². The highest BCUT2D eigenvalue weighted by Gasteiger charge is 1.80. The average Bonchev–Trinajstić information content (AvgIpc) is 1.91. The van der Waals surface area contributed by atoms with E-state index in [9.17, 15) is 0 Å². The fourth-order valence-corrected chi connectivity index (χ4v) is 0.677. The van der Waals surface area contributed by atoms with Crippen LogP contribution in [0, 0.1) is 0 Å². The molecule has 0 aromatic carbocycles. The Morgan fingerprint density at radius 3 is 1.27 bits per heavy atom. The van der Waals surface area contributed by atoms with Crippen LogP contribution in [0.5, 0.6) is 0 Å². The Labute approximate surface area is 87.0 Å². The zero-order chi connectivity index (χ0) is 8.24. The summed E-state index contributed by atoms with van der Waals surface area (Å²) in [5, 5.41) is 1.39. The van der Waals surface area contributed by atoms with Crippen LogP contribution in [0.3, 0.4) is 0 Å². The molecule has 0 aromatic heterocycles. The Balaban J connectivity index is -0.000000140. The monoisotopic (exact) mass is 194 g/mol. The Morgan fingerprint density at radius 1 is 0.818 bits per heavy atom.